The molecular formula is C16H26O2. The lowest BCUT2D eigenvalue weighted by molar-refractivity contribution is 0.142. The van der Waals surface area contributed by atoms with Crippen molar-refractivity contribution in [3.8, 4) is 5.75 Å². The Kier molecular flexibility index (Phi) is 8.32. The number of aryl methyl sites for hydroxylation is 1. The van der Waals surface area contributed by atoms with E-state index < -0.39 is 0 Å². The monoisotopic (exact) mass is 250 g/mol. The molecule has 1 aromatic carbocycles. The van der Waals surface area contributed by atoms with Crippen LogP contribution in [0, 0.1) is 6.92 Å². The molecule has 1 aromatic rings. The second-order valence-electron chi connectivity index (χ2n) is 4.63. The van der Waals surface area contributed by atoms with Gasteiger partial charge in [0.25, 0.3) is 0 Å². The summed E-state index contributed by atoms with van der Waals surface area (Å²) in [7, 11) is 0. The van der Waals surface area contributed by atoms with Crippen LogP contribution < -0.4 is 4.74 Å². The van der Waals surface area contributed by atoms with E-state index in [1.165, 1.54) is 31.2 Å². The van der Waals surface area contributed by atoms with E-state index in [1.54, 1.807) is 0 Å². The zero-order chi connectivity index (χ0) is 13.1. The van der Waals surface area contributed by atoms with Crippen LogP contribution in [0.4, 0.5) is 0 Å². The number of benzene rings is 1. The average molecular weight is 250 g/mol. The van der Waals surface area contributed by atoms with Crippen LogP contribution >= 0.6 is 0 Å². The maximum atomic E-state index is 5.68. The lowest BCUT2D eigenvalue weighted by Crippen LogP contribution is -1.97. The van der Waals surface area contributed by atoms with Gasteiger partial charge >= 0.3 is 0 Å². The number of rotatable bonds is 10. The van der Waals surface area contributed by atoms with E-state index in [-0.39, 0.29) is 0 Å². The summed E-state index contributed by atoms with van der Waals surface area (Å²) in [5.74, 6) is 0.983. The van der Waals surface area contributed by atoms with Crippen LogP contribution in [0.1, 0.15) is 44.6 Å². The van der Waals surface area contributed by atoms with E-state index in [2.05, 4.69) is 19.1 Å². The molecule has 18 heavy (non-hydrogen) atoms. The molecular weight excluding hydrogens is 224 g/mol. The molecule has 0 aromatic heterocycles. The fraction of sp³-hybridized carbons (Fsp3) is 0.625. The predicted molar refractivity (Wildman–Crippen MR) is 76.3 cm³/mol. The summed E-state index contributed by atoms with van der Waals surface area (Å²) in [4.78, 5) is 0. The minimum Gasteiger partial charge on any atom is -0.494 e. The summed E-state index contributed by atoms with van der Waals surface area (Å²) in [6.07, 6.45) is 6.13. The zero-order valence-electron chi connectivity index (χ0n) is 11.8. The lowest BCUT2D eigenvalue weighted by atomic mass is 10.1. The minimum absolute atomic E-state index is 0.828. The molecule has 2 heteroatoms. The van der Waals surface area contributed by atoms with Crippen molar-refractivity contribution in [2.24, 2.45) is 0 Å². The number of hydrogen-bond acceptors (Lipinski definition) is 2. The molecule has 0 aliphatic carbocycles. The second kappa shape index (κ2) is 9.95. The smallest absolute Gasteiger partial charge is 0.119 e. The third kappa shape index (κ3) is 7.33. The lowest BCUT2D eigenvalue weighted by Gasteiger charge is -2.06. The van der Waals surface area contributed by atoms with Crippen molar-refractivity contribution >= 4 is 0 Å². The van der Waals surface area contributed by atoms with E-state index in [9.17, 15) is 0 Å². The molecule has 0 heterocycles. The largest absolute Gasteiger partial charge is 0.494 e. The Hall–Kier alpha value is -1.02. The highest BCUT2D eigenvalue weighted by atomic mass is 16.5. The van der Waals surface area contributed by atoms with Gasteiger partial charge in [-0.15, -0.1) is 0 Å². The fourth-order valence-corrected chi connectivity index (χ4v) is 1.81. The van der Waals surface area contributed by atoms with Crippen molar-refractivity contribution in [1.82, 2.24) is 0 Å². The fourth-order valence-electron chi connectivity index (χ4n) is 1.81. The third-order valence-electron chi connectivity index (χ3n) is 2.93. The molecule has 0 bridgehead atoms. The van der Waals surface area contributed by atoms with Crippen molar-refractivity contribution < 1.29 is 9.47 Å². The molecule has 0 N–H and O–H groups in total. The van der Waals surface area contributed by atoms with Gasteiger partial charge in [0, 0.05) is 13.2 Å². The molecule has 0 radical (unpaired) electrons. The summed E-state index contributed by atoms with van der Waals surface area (Å²) in [5.41, 5.74) is 1.27. The summed E-state index contributed by atoms with van der Waals surface area (Å²) in [6.45, 7) is 6.71. The SMILES string of the molecule is CCOCCCCCCCOc1ccc(C)cc1. The molecule has 0 aliphatic rings. The van der Waals surface area contributed by atoms with Crippen LogP contribution in [-0.2, 0) is 4.74 Å². The van der Waals surface area contributed by atoms with Gasteiger partial charge in [-0.2, -0.15) is 0 Å². The van der Waals surface area contributed by atoms with Crippen molar-refractivity contribution in [2.45, 2.75) is 46.0 Å². The number of unbranched alkanes of at least 4 members (excludes halogenated alkanes) is 4. The van der Waals surface area contributed by atoms with Crippen LogP contribution in [0.3, 0.4) is 0 Å². The predicted octanol–water partition coefficient (Wildman–Crippen LogP) is 4.36. The van der Waals surface area contributed by atoms with Crippen LogP contribution in [0.25, 0.3) is 0 Å². The van der Waals surface area contributed by atoms with Gasteiger partial charge in [0.2, 0.25) is 0 Å². The van der Waals surface area contributed by atoms with Gasteiger partial charge in [0.15, 0.2) is 0 Å². The summed E-state index contributed by atoms with van der Waals surface area (Å²) >= 11 is 0. The normalized spacial score (nSPS) is 10.6. The Bertz CT molecular complexity index is 292. The van der Waals surface area contributed by atoms with Gasteiger partial charge in [-0.3, -0.25) is 0 Å². The van der Waals surface area contributed by atoms with E-state index in [0.717, 1.165) is 32.0 Å². The Balaban J connectivity index is 1.91. The molecule has 0 fully saturated rings. The van der Waals surface area contributed by atoms with Crippen molar-refractivity contribution in [2.75, 3.05) is 19.8 Å². The first-order valence-corrected chi connectivity index (χ1v) is 7.10. The third-order valence-corrected chi connectivity index (χ3v) is 2.93. The van der Waals surface area contributed by atoms with Gasteiger partial charge in [-0.25, -0.2) is 0 Å². The maximum Gasteiger partial charge on any atom is 0.119 e. The molecule has 0 amide bonds. The quantitative estimate of drug-likeness (QED) is 0.574. The minimum atomic E-state index is 0.828. The molecule has 102 valence electrons. The summed E-state index contributed by atoms with van der Waals surface area (Å²) in [5, 5.41) is 0. The van der Waals surface area contributed by atoms with Gasteiger partial charge in [0.1, 0.15) is 5.75 Å². The first-order valence-electron chi connectivity index (χ1n) is 7.10. The first-order chi connectivity index (χ1) is 8.83. The highest BCUT2D eigenvalue weighted by Crippen LogP contribution is 2.12. The highest BCUT2D eigenvalue weighted by Gasteiger charge is 1.94. The Morgan fingerprint density at radius 2 is 1.44 bits per heavy atom. The van der Waals surface area contributed by atoms with Crippen molar-refractivity contribution in [3.05, 3.63) is 29.8 Å². The standard InChI is InChI=1S/C16H26O2/c1-3-17-13-7-5-4-6-8-14-18-16-11-9-15(2)10-12-16/h9-12H,3-8,13-14H2,1-2H3. The average Bonchev–Trinajstić information content (AvgIpc) is 2.39. The molecule has 1 rings (SSSR count). The Morgan fingerprint density at radius 1 is 0.833 bits per heavy atom. The van der Waals surface area contributed by atoms with Crippen LogP contribution in [0.15, 0.2) is 24.3 Å². The summed E-state index contributed by atoms with van der Waals surface area (Å²) in [6, 6.07) is 8.25. The molecule has 0 spiro atoms. The van der Waals surface area contributed by atoms with E-state index in [4.69, 9.17) is 9.47 Å². The molecule has 0 saturated carbocycles. The topological polar surface area (TPSA) is 18.5 Å². The Morgan fingerprint density at radius 3 is 2.11 bits per heavy atom. The first kappa shape index (κ1) is 15.0. The maximum absolute atomic E-state index is 5.68. The molecule has 0 aliphatic heterocycles. The van der Waals surface area contributed by atoms with Gasteiger partial charge in [0.05, 0.1) is 6.61 Å². The van der Waals surface area contributed by atoms with Crippen molar-refractivity contribution in [3.63, 3.8) is 0 Å². The van der Waals surface area contributed by atoms with Gasteiger partial charge in [-0.1, -0.05) is 37.0 Å². The van der Waals surface area contributed by atoms with Crippen LogP contribution in [-0.4, -0.2) is 19.8 Å². The van der Waals surface area contributed by atoms with Gasteiger partial charge in [-0.05, 0) is 38.8 Å². The van der Waals surface area contributed by atoms with Crippen LogP contribution in [0.5, 0.6) is 5.75 Å². The summed E-state index contributed by atoms with van der Waals surface area (Å²) < 4.78 is 11.0. The Labute approximate surface area is 111 Å². The molecule has 2 nitrogen and oxygen atoms in total. The molecule has 0 unspecified atom stereocenters. The van der Waals surface area contributed by atoms with Crippen molar-refractivity contribution in [1.29, 1.82) is 0 Å². The highest BCUT2D eigenvalue weighted by molar-refractivity contribution is 5.26. The van der Waals surface area contributed by atoms with E-state index in [0.29, 0.717) is 0 Å². The van der Waals surface area contributed by atoms with Gasteiger partial charge < -0.3 is 9.47 Å². The number of ether oxygens (including phenoxy) is 2. The molecule has 0 saturated heterocycles. The number of hydrogen-bond donors (Lipinski definition) is 0. The second-order valence-corrected chi connectivity index (χ2v) is 4.63. The van der Waals surface area contributed by atoms with Crippen LogP contribution in [0.2, 0.25) is 0 Å². The van der Waals surface area contributed by atoms with E-state index >= 15 is 0 Å². The molecule has 0 atom stereocenters. The zero-order valence-corrected chi connectivity index (χ0v) is 11.8. The van der Waals surface area contributed by atoms with E-state index in [1.807, 2.05) is 19.1 Å².